The van der Waals surface area contributed by atoms with E-state index >= 15 is 0 Å². The van der Waals surface area contributed by atoms with Crippen molar-refractivity contribution in [2.45, 2.75) is 26.3 Å². The van der Waals surface area contributed by atoms with Gasteiger partial charge in [0.2, 0.25) is 0 Å². The highest BCUT2D eigenvalue weighted by molar-refractivity contribution is 6.14. The first-order chi connectivity index (χ1) is 14.5. The summed E-state index contributed by atoms with van der Waals surface area (Å²) in [6.45, 7) is 6.81. The molecule has 0 radical (unpaired) electrons. The van der Waals surface area contributed by atoms with Gasteiger partial charge < -0.3 is 8.98 Å². The molecule has 0 aliphatic rings. The van der Waals surface area contributed by atoms with Crippen molar-refractivity contribution in [2.75, 3.05) is 0 Å². The zero-order chi connectivity index (χ0) is 20.5. The SMILES string of the molecule is CC(C)(C)n1c2ccccc2c2cc(-c3cccc4oc5ccccc5c34)ccc21. The van der Waals surface area contributed by atoms with Gasteiger partial charge in [0.25, 0.3) is 0 Å². The number of rotatable bonds is 1. The van der Waals surface area contributed by atoms with Crippen molar-refractivity contribution in [3.63, 3.8) is 0 Å². The third-order valence-electron chi connectivity index (χ3n) is 6.06. The Balaban J connectivity index is 1.71. The van der Waals surface area contributed by atoms with Crippen LogP contribution >= 0.6 is 0 Å². The zero-order valence-corrected chi connectivity index (χ0v) is 17.4. The molecule has 2 aromatic heterocycles. The Morgan fingerprint density at radius 3 is 2.17 bits per heavy atom. The molecular weight excluding hydrogens is 366 g/mol. The highest BCUT2D eigenvalue weighted by Gasteiger charge is 2.21. The predicted molar refractivity (Wildman–Crippen MR) is 127 cm³/mol. The molecule has 4 aromatic carbocycles. The van der Waals surface area contributed by atoms with Crippen LogP contribution in [0.15, 0.2) is 89.3 Å². The van der Waals surface area contributed by atoms with Crippen LogP contribution in [0.2, 0.25) is 0 Å². The molecule has 6 aromatic rings. The van der Waals surface area contributed by atoms with Gasteiger partial charge in [0, 0.05) is 38.1 Å². The summed E-state index contributed by atoms with van der Waals surface area (Å²) in [5.74, 6) is 0. The van der Waals surface area contributed by atoms with E-state index in [0.717, 1.165) is 11.2 Å². The van der Waals surface area contributed by atoms with E-state index < -0.39 is 0 Å². The molecule has 2 nitrogen and oxygen atoms in total. The Labute approximate surface area is 175 Å². The van der Waals surface area contributed by atoms with Crippen molar-refractivity contribution in [2.24, 2.45) is 0 Å². The van der Waals surface area contributed by atoms with Crippen LogP contribution in [0.3, 0.4) is 0 Å². The highest BCUT2D eigenvalue weighted by Crippen LogP contribution is 2.40. The fourth-order valence-electron chi connectivity index (χ4n) is 4.88. The van der Waals surface area contributed by atoms with Gasteiger partial charge in [0.1, 0.15) is 11.2 Å². The molecule has 0 N–H and O–H groups in total. The van der Waals surface area contributed by atoms with E-state index in [1.165, 1.54) is 43.7 Å². The number of hydrogen-bond acceptors (Lipinski definition) is 1. The predicted octanol–water partition coefficient (Wildman–Crippen LogP) is 8.12. The number of benzene rings is 4. The summed E-state index contributed by atoms with van der Waals surface area (Å²) < 4.78 is 8.57. The summed E-state index contributed by atoms with van der Waals surface area (Å²) in [5, 5.41) is 4.95. The van der Waals surface area contributed by atoms with Crippen LogP contribution in [0, 0.1) is 0 Å². The number of fused-ring (bicyclic) bond motifs is 6. The molecule has 30 heavy (non-hydrogen) atoms. The second-order valence-electron chi connectivity index (χ2n) is 9.03. The van der Waals surface area contributed by atoms with Crippen LogP contribution in [0.1, 0.15) is 20.8 Å². The van der Waals surface area contributed by atoms with E-state index in [9.17, 15) is 0 Å². The van der Waals surface area contributed by atoms with E-state index in [2.05, 4.69) is 98.1 Å². The van der Waals surface area contributed by atoms with Crippen LogP contribution in [0.5, 0.6) is 0 Å². The molecule has 0 aliphatic heterocycles. The molecule has 0 atom stereocenters. The monoisotopic (exact) mass is 389 g/mol. The molecule has 0 saturated heterocycles. The lowest BCUT2D eigenvalue weighted by Crippen LogP contribution is -2.21. The lowest BCUT2D eigenvalue weighted by molar-refractivity contribution is 0.423. The zero-order valence-electron chi connectivity index (χ0n) is 17.4. The van der Waals surface area contributed by atoms with Crippen LogP contribution in [-0.2, 0) is 5.54 Å². The van der Waals surface area contributed by atoms with Crippen molar-refractivity contribution >= 4 is 43.7 Å². The average Bonchev–Trinajstić information content (AvgIpc) is 3.28. The molecule has 146 valence electrons. The van der Waals surface area contributed by atoms with Gasteiger partial charge in [0.15, 0.2) is 0 Å². The first-order valence-corrected chi connectivity index (χ1v) is 10.5. The summed E-state index contributed by atoms with van der Waals surface area (Å²) >= 11 is 0. The molecule has 0 bridgehead atoms. The number of nitrogens with zero attached hydrogens (tertiary/aromatic N) is 1. The normalized spacial score (nSPS) is 12.5. The highest BCUT2D eigenvalue weighted by atomic mass is 16.3. The molecule has 2 heteroatoms. The Bertz CT molecular complexity index is 1570. The fourth-order valence-corrected chi connectivity index (χ4v) is 4.88. The van der Waals surface area contributed by atoms with Gasteiger partial charge in [0.05, 0.1) is 0 Å². The summed E-state index contributed by atoms with van der Waals surface area (Å²) in [4.78, 5) is 0. The second kappa shape index (κ2) is 5.99. The Kier molecular flexibility index (Phi) is 3.47. The van der Waals surface area contributed by atoms with E-state index in [-0.39, 0.29) is 5.54 Å². The quantitative estimate of drug-likeness (QED) is 0.278. The lowest BCUT2D eigenvalue weighted by atomic mass is 9.98. The standard InChI is InChI=1S/C28H23NO/c1-28(2,3)29-23-12-6-4-9-20(23)22-17-18(15-16-24(22)29)19-11-8-14-26-27(19)21-10-5-7-13-25(21)30-26/h4-17H,1-3H3. The summed E-state index contributed by atoms with van der Waals surface area (Å²) in [6.07, 6.45) is 0. The van der Waals surface area contributed by atoms with Gasteiger partial charge in [-0.2, -0.15) is 0 Å². The molecule has 0 fully saturated rings. The van der Waals surface area contributed by atoms with E-state index in [0.29, 0.717) is 0 Å². The molecule has 0 saturated carbocycles. The van der Waals surface area contributed by atoms with Gasteiger partial charge in [-0.25, -0.2) is 0 Å². The molecule has 6 rings (SSSR count). The second-order valence-corrected chi connectivity index (χ2v) is 9.03. The van der Waals surface area contributed by atoms with Crippen LogP contribution in [0.4, 0.5) is 0 Å². The third-order valence-corrected chi connectivity index (χ3v) is 6.06. The minimum absolute atomic E-state index is 0.00362. The first kappa shape index (κ1) is 17.3. The van der Waals surface area contributed by atoms with Gasteiger partial charge in [-0.15, -0.1) is 0 Å². The maximum absolute atomic E-state index is 6.12. The van der Waals surface area contributed by atoms with Crippen molar-refractivity contribution in [3.05, 3.63) is 84.9 Å². The van der Waals surface area contributed by atoms with Crippen molar-refractivity contribution < 1.29 is 4.42 Å². The van der Waals surface area contributed by atoms with E-state index in [1.807, 2.05) is 12.1 Å². The number of furan rings is 1. The maximum Gasteiger partial charge on any atom is 0.136 e. The molecule has 0 amide bonds. The summed E-state index contributed by atoms with van der Waals surface area (Å²) in [5.41, 5.74) is 6.87. The van der Waals surface area contributed by atoms with Gasteiger partial charge in [-0.1, -0.05) is 54.6 Å². The summed E-state index contributed by atoms with van der Waals surface area (Å²) in [7, 11) is 0. The van der Waals surface area contributed by atoms with E-state index in [4.69, 9.17) is 4.42 Å². The molecule has 2 heterocycles. The first-order valence-electron chi connectivity index (χ1n) is 10.5. The third kappa shape index (κ3) is 2.37. The van der Waals surface area contributed by atoms with E-state index in [1.54, 1.807) is 0 Å². The minimum Gasteiger partial charge on any atom is -0.456 e. The molecule has 0 aliphatic carbocycles. The van der Waals surface area contributed by atoms with Gasteiger partial charge in [-0.05, 0) is 62.2 Å². The van der Waals surface area contributed by atoms with Crippen molar-refractivity contribution in [1.29, 1.82) is 0 Å². The molecule has 0 spiro atoms. The number of hydrogen-bond donors (Lipinski definition) is 0. The van der Waals surface area contributed by atoms with Gasteiger partial charge >= 0.3 is 0 Å². The number of aromatic nitrogens is 1. The van der Waals surface area contributed by atoms with Crippen LogP contribution in [-0.4, -0.2) is 4.57 Å². The largest absolute Gasteiger partial charge is 0.456 e. The van der Waals surface area contributed by atoms with Crippen molar-refractivity contribution in [1.82, 2.24) is 4.57 Å². The summed E-state index contributed by atoms with van der Waals surface area (Å²) in [6, 6.07) is 30.2. The Hall–Kier alpha value is -3.52. The van der Waals surface area contributed by atoms with Gasteiger partial charge in [-0.3, -0.25) is 0 Å². The Morgan fingerprint density at radius 1 is 0.633 bits per heavy atom. The van der Waals surface area contributed by atoms with Crippen LogP contribution < -0.4 is 0 Å². The minimum atomic E-state index is 0.00362. The molecular formula is C28H23NO. The smallest absolute Gasteiger partial charge is 0.136 e. The van der Waals surface area contributed by atoms with Crippen molar-refractivity contribution in [3.8, 4) is 11.1 Å². The topological polar surface area (TPSA) is 18.1 Å². The Morgan fingerprint density at radius 2 is 1.33 bits per heavy atom. The maximum atomic E-state index is 6.12. The average molecular weight is 389 g/mol. The number of para-hydroxylation sites is 2. The molecule has 0 unspecified atom stereocenters. The lowest BCUT2D eigenvalue weighted by Gasteiger charge is -2.24. The fraction of sp³-hybridized carbons (Fsp3) is 0.143. The van der Waals surface area contributed by atoms with Crippen LogP contribution in [0.25, 0.3) is 54.9 Å².